The molecule has 2 aliphatic rings. The molecule has 3 amide bonds. The molecule has 3 N–H and O–H groups in total. The summed E-state index contributed by atoms with van der Waals surface area (Å²) in [4.78, 5) is 37.4. The molecule has 1 fully saturated rings. The SMILES string of the molecule is NCCCCc1ccc2c(c1)CN(C1CCC(=O)NC1=O)C2=O. The largest absolute Gasteiger partial charge is 0.330 e. The molecule has 1 aromatic carbocycles. The molecule has 23 heavy (non-hydrogen) atoms. The van der Waals surface area contributed by atoms with Crippen LogP contribution >= 0.6 is 0 Å². The molecule has 1 unspecified atom stereocenters. The van der Waals surface area contributed by atoms with Crippen molar-refractivity contribution >= 4 is 17.7 Å². The van der Waals surface area contributed by atoms with E-state index >= 15 is 0 Å². The van der Waals surface area contributed by atoms with Crippen molar-refractivity contribution in [3.8, 4) is 0 Å². The second kappa shape index (κ2) is 6.50. The van der Waals surface area contributed by atoms with E-state index in [1.165, 1.54) is 5.56 Å². The maximum absolute atomic E-state index is 12.5. The lowest BCUT2D eigenvalue weighted by atomic mass is 10.0. The van der Waals surface area contributed by atoms with E-state index in [1.807, 2.05) is 12.1 Å². The van der Waals surface area contributed by atoms with Gasteiger partial charge in [-0.1, -0.05) is 12.1 Å². The molecule has 6 heteroatoms. The summed E-state index contributed by atoms with van der Waals surface area (Å²) in [5.74, 6) is -0.758. The van der Waals surface area contributed by atoms with Gasteiger partial charge < -0.3 is 10.6 Å². The van der Waals surface area contributed by atoms with Gasteiger partial charge in [-0.3, -0.25) is 19.7 Å². The van der Waals surface area contributed by atoms with Gasteiger partial charge in [0, 0.05) is 18.5 Å². The topological polar surface area (TPSA) is 92.5 Å². The number of imide groups is 1. The summed E-state index contributed by atoms with van der Waals surface area (Å²) in [6.07, 6.45) is 3.63. The predicted molar refractivity (Wildman–Crippen MR) is 84.5 cm³/mol. The van der Waals surface area contributed by atoms with E-state index in [0.717, 1.165) is 24.8 Å². The van der Waals surface area contributed by atoms with E-state index in [-0.39, 0.29) is 24.1 Å². The van der Waals surface area contributed by atoms with Gasteiger partial charge in [-0.2, -0.15) is 0 Å². The first kappa shape index (κ1) is 15.7. The van der Waals surface area contributed by atoms with E-state index in [0.29, 0.717) is 25.1 Å². The summed E-state index contributed by atoms with van der Waals surface area (Å²) >= 11 is 0. The minimum atomic E-state index is -0.548. The zero-order chi connectivity index (χ0) is 16.4. The number of hydrogen-bond donors (Lipinski definition) is 2. The highest BCUT2D eigenvalue weighted by Crippen LogP contribution is 2.28. The zero-order valence-corrected chi connectivity index (χ0v) is 13.0. The van der Waals surface area contributed by atoms with Crippen LogP contribution in [-0.2, 0) is 22.6 Å². The van der Waals surface area contributed by atoms with Crippen LogP contribution < -0.4 is 11.1 Å². The average Bonchev–Trinajstić information content (AvgIpc) is 2.84. The third-order valence-electron chi connectivity index (χ3n) is 4.51. The van der Waals surface area contributed by atoms with Gasteiger partial charge in [-0.05, 0) is 49.4 Å². The quantitative estimate of drug-likeness (QED) is 0.619. The molecule has 0 aromatic heterocycles. The van der Waals surface area contributed by atoms with E-state index < -0.39 is 6.04 Å². The van der Waals surface area contributed by atoms with Crippen LogP contribution in [-0.4, -0.2) is 35.2 Å². The van der Waals surface area contributed by atoms with E-state index in [1.54, 1.807) is 4.90 Å². The number of aryl methyl sites for hydroxylation is 1. The van der Waals surface area contributed by atoms with Crippen molar-refractivity contribution in [3.05, 3.63) is 34.9 Å². The van der Waals surface area contributed by atoms with Crippen LogP contribution in [0.5, 0.6) is 0 Å². The Balaban J connectivity index is 1.73. The summed E-state index contributed by atoms with van der Waals surface area (Å²) in [5, 5.41) is 2.32. The highest BCUT2D eigenvalue weighted by atomic mass is 16.2. The molecular weight excluding hydrogens is 294 g/mol. The molecule has 6 nitrogen and oxygen atoms in total. The molecule has 122 valence electrons. The molecule has 0 radical (unpaired) electrons. The maximum atomic E-state index is 12.5. The molecule has 0 bridgehead atoms. The molecule has 2 aliphatic heterocycles. The number of rotatable bonds is 5. The molecule has 3 rings (SSSR count). The van der Waals surface area contributed by atoms with Gasteiger partial charge in [0.2, 0.25) is 11.8 Å². The van der Waals surface area contributed by atoms with Gasteiger partial charge in [-0.25, -0.2) is 0 Å². The molecule has 0 spiro atoms. The molecule has 1 atom stereocenters. The lowest BCUT2D eigenvalue weighted by molar-refractivity contribution is -0.136. The van der Waals surface area contributed by atoms with Crippen LogP contribution in [0.3, 0.4) is 0 Å². The van der Waals surface area contributed by atoms with Crippen LogP contribution in [0.1, 0.15) is 47.2 Å². The molecule has 0 saturated carbocycles. The number of unbranched alkanes of at least 4 members (excludes halogenated alkanes) is 1. The van der Waals surface area contributed by atoms with Crippen molar-refractivity contribution in [1.29, 1.82) is 0 Å². The second-order valence-electron chi connectivity index (χ2n) is 6.14. The standard InChI is InChI=1S/C17H21N3O3/c18-8-2-1-3-11-4-5-13-12(9-11)10-20(17(13)23)14-6-7-15(21)19-16(14)22/h4-5,9,14H,1-3,6-8,10,18H2,(H,19,21,22). The smallest absolute Gasteiger partial charge is 0.255 e. The predicted octanol–water partition coefficient (Wildman–Crippen LogP) is 0.729. The van der Waals surface area contributed by atoms with Crippen molar-refractivity contribution in [2.24, 2.45) is 5.73 Å². The van der Waals surface area contributed by atoms with E-state index in [9.17, 15) is 14.4 Å². The monoisotopic (exact) mass is 315 g/mol. The summed E-state index contributed by atoms with van der Waals surface area (Å²) < 4.78 is 0. The molecular formula is C17H21N3O3. The Kier molecular flexibility index (Phi) is 4.43. The summed E-state index contributed by atoms with van der Waals surface area (Å²) in [5.41, 5.74) is 8.33. The number of nitrogens with zero attached hydrogens (tertiary/aromatic N) is 1. The van der Waals surface area contributed by atoms with Crippen LogP contribution in [0.25, 0.3) is 0 Å². The highest BCUT2D eigenvalue weighted by molar-refractivity contribution is 6.05. The maximum Gasteiger partial charge on any atom is 0.255 e. The van der Waals surface area contributed by atoms with Crippen LogP contribution in [0.2, 0.25) is 0 Å². The Morgan fingerprint density at radius 3 is 2.78 bits per heavy atom. The third-order valence-corrected chi connectivity index (χ3v) is 4.51. The Hall–Kier alpha value is -2.21. The molecule has 0 aliphatic carbocycles. The first-order chi connectivity index (χ1) is 11.1. The molecule has 1 saturated heterocycles. The number of carbonyl (C=O) groups excluding carboxylic acids is 3. The van der Waals surface area contributed by atoms with Gasteiger partial charge in [0.25, 0.3) is 5.91 Å². The van der Waals surface area contributed by atoms with Gasteiger partial charge in [0.1, 0.15) is 6.04 Å². The van der Waals surface area contributed by atoms with Crippen molar-refractivity contribution in [3.63, 3.8) is 0 Å². The summed E-state index contributed by atoms with van der Waals surface area (Å²) in [6, 6.07) is 5.33. The van der Waals surface area contributed by atoms with Crippen molar-refractivity contribution < 1.29 is 14.4 Å². The van der Waals surface area contributed by atoms with Gasteiger partial charge in [-0.15, -0.1) is 0 Å². The average molecular weight is 315 g/mol. The zero-order valence-electron chi connectivity index (χ0n) is 13.0. The Labute approximate surface area is 135 Å². The van der Waals surface area contributed by atoms with E-state index in [4.69, 9.17) is 5.73 Å². The van der Waals surface area contributed by atoms with Crippen LogP contribution in [0.15, 0.2) is 18.2 Å². The molecule has 1 aromatic rings. The van der Waals surface area contributed by atoms with Gasteiger partial charge >= 0.3 is 0 Å². The van der Waals surface area contributed by atoms with Crippen molar-refractivity contribution in [2.45, 2.75) is 44.7 Å². The fourth-order valence-corrected chi connectivity index (χ4v) is 3.26. The summed E-state index contributed by atoms with van der Waals surface area (Å²) in [7, 11) is 0. The third kappa shape index (κ3) is 3.12. The minimum absolute atomic E-state index is 0.122. The fourth-order valence-electron chi connectivity index (χ4n) is 3.26. The van der Waals surface area contributed by atoms with Gasteiger partial charge in [0.05, 0.1) is 0 Å². The highest BCUT2D eigenvalue weighted by Gasteiger charge is 2.38. The van der Waals surface area contributed by atoms with Crippen molar-refractivity contribution in [2.75, 3.05) is 6.54 Å². The van der Waals surface area contributed by atoms with E-state index in [2.05, 4.69) is 11.4 Å². The molecule has 2 heterocycles. The number of hydrogen-bond acceptors (Lipinski definition) is 4. The number of carbonyl (C=O) groups is 3. The Bertz CT molecular complexity index is 656. The van der Waals surface area contributed by atoms with Crippen LogP contribution in [0.4, 0.5) is 0 Å². The Morgan fingerprint density at radius 2 is 2.04 bits per heavy atom. The second-order valence-corrected chi connectivity index (χ2v) is 6.14. The fraction of sp³-hybridized carbons (Fsp3) is 0.471. The van der Waals surface area contributed by atoms with Gasteiger partial charge in [0.15, 0.2) is 0 Å². The number of benzene rings is 1. The van der Waals surface area contributed by atoms with Crippen molar-refractivity contribution in [1.82, 2.24) is 10.2 Å². The summed E-state index contributed by atoms with van der Waals surface area (Å²) in [6.45, 7) is 1.12. The lowest BCUT2D eigenvalue weighted by Crippen LogP contribution is -2.52. The normalized spacial score (nSPS) is 20.7. The first-order valence-electron chi connectivity index (χ1n) is 8.06. The number of piperidine rings is 1. The number of nitrogens with two attached hydrogens (primary N) is 1. The minimum Gasteiger partial charge on any atom is -0.330 e. The number of fused-ring (bicyclic) bond motifs is 1. The van der Waals surface area contributed by atoms with Crippen LogP contribution in [0, 0.1) is 0 Å². The Morgan fingerprint density at radius 1 is 1.22 bits per heavy atom. The number of amides is 3. The first-order valence-corrected chi connectivity index (χ1v) is 8.06. The lowest BCUT2D eigenvalue weighted by Gasteiger charge is -2.29. The number of nitrogens with one attached hydrogen (secondary N) is 1.